The van der Waals surface area contributed by atoms with Gasteiger partial charge in [0.05, 0.1) is 12.1 Å². The summed E-state index contributed by atoms with van der Waals surface area (Å²) in [6.45, 7) is 4.34. The molecule has 0 saturated heterocycles. The van der Waals surface area contributed by atoms with Gasteiger partial charge in [0.15, 0.2) is 0 Å². The number of nitrogens with zero attached hydrogens (tertiary/aromatic N) is 2. The lowest BCUT2D eigenvalue weighted by molar-refractivity contribution is -0.115. The Morgan fingerprint density at radius 1 is 1.27 bits per heavy atom. The topological polar surface area (TPSA) is 46.9 Å². The molecule has 1 aromatic carbocycles. The molecule has 0 saturated carbocycles. The van der Waals surface area contributed by atoms with Gasteiger partial charge in [-0.25, -0.2) is 0 Å². The van der Waals surface area contributed by atoms with E-state index in [9.17, 15) is 4.79 Å². The molecule has 3 rings (SSSR count). The standard InChI is InChI=1S/C18H23N3O/c1-12(2)14-9-7-13(8-10-14)11-17(22)19-18-15-5-4-6-16(15)20-21(18)3/h7-10,12H,4-6,11H2,1-3H3,(H,19,22). The van der Waals surface area contributed by atoms with E-state index in [-0.39, 0.29) is 5.91 Å². The van der Waals surface area contributed by atoms with Crippen molar-refractivity contribution in [1.82, 2.24) is 9.78 Å². The molecule has 0 unspecified atom stereocenters. The Kier molecular flexibility index (Phi) is 4.01. The minimum atomic E-state index is 0.0231. The highest BCUT2D eigenvalue weighted by atomic mass is 16.1. The van der Waals surface area contributed by atoms with Crippen molar-refractivity contribution in [2.45, 2.75) is 45.4 Å². The summed E-state index contributed by atoms with van der Waals surface area (Å²) in [5.41, 5.74) is 4.69. The number of rotatable bonds is 4. The van der Waals surface area contributed by atoms with Crippen molar-refractivity contribution >= 4 is 11.7 Å². The van der Waals surface area contributed by atoms with E-state index in [1.165, 1.54) is 11.1 Å². The van der Waals surface area contributed by atoms with Crippen LogP contribution in [0.25, 0.3) is 0 Å². The zero-order chi connectivity index (χ0) is 15.7. The maximum Gasteiger partial charge on any atom is 0.229 e. The van der Waals surface area contributed by atoms with Gasteiger partial charge >= 0.3 is 0 Å². The normalized spacial score (nSPS) is 13.5. The highest BCUT2D eigenvalue weighted by Crippen LogP contribution is 2.28. The minimum Gasteiger partial charge on any atom is -0.310 e. The molecule has 1 aliphatic rings. The lowest BCUT2D eigenvalue weighted by Gasteiger charge is -2.09. The number of hydrogen-bond acceptors (Lipinski definition) is 2. The third-order valence-electron chi connectivity index (χ3n) is 4.34. The van der Waals surface area contributed by atoms with Crippen LogP contribution in [0.4, 0.5) is 5.82 Å². The van der Waals surface area contributed by atoms with E-state index in [1.807, 2.05) is 19.2 Å². The quantitative estimate of drug-likeness (QED) is 0.942. The van der Waals surface area contributed by atoms with Gasteiger partial charge in [-0.1, -0.05) is 38.1 Å². The van der Waals surface area contributed by atoms with E-state index in [0.717, 1.165) is 36.3 Å². The Balaban J connectivity index is 1.68. The summed E-state index contributed by atoms with van der Waals surface area (Å²) < 4.78 is 1.80. The molecule has 1 heterocycles. The Morgan fingerprint density at radius 2 is 2.00 bits per heavy atom. The summed E-state index contributed by atoms with van der Waals surface area (Å²) in [7, 11) is 1.89. The Labute approximate surface area is 131 Å². The fraction of sp³-hybridized carbons (Fsp3) is 0.444. The van der Waals surface area contributed by atoms with E-state index in [0.29, 0.717) is 12.3 Å². The summed E-state index contributed by atoms with van der Waals surface area (Å²) in [5.74, 6) is 1.41. The average molecular weight is 297 g/mol. The number of hydrogen-bond donors (Lipinski definition) is 1. The molecule has 0 bridgehead atoms. The van der Waals surface area contributed by atoms with E-state index >= 15 is 0 Å². The van der Waals surface area contributed by atoms with Crippen LogP contribution in [-0.4, -0.2) is 15.7 Å². The van der Waals surface area contributed by atoms with Gasteiger partial charge in [-0.3, -0.25) is 9.48 Å². The van der Waals surface area contributed by atoms with Gasteiger partial charge in [-0.05, 0) is 36.3 Å². The molecule has 4 nitrogen and oxygen atoms in total. The summed E-state index contributed by atoms with van der Waals surface area (Å²) in [6, 6.07) is 8.30. The maximum atomic E-state index is 12.3. The van der Waals surface area contributed by atoms with E-state index in [1.54, 1.807) is 4.68 Å². The highest BCUT2D eigenvalue weighted by Gasteiger charge is 2.22. The van der Waals surface area contributed by atoms with E-state index < -0.39 is 0 Å². The van der Waals surface area contributed by atoms with Crippen LogP contribution in [0, 0.1) is 0 Å². The molecule has 0 spiro atoms. The first-order valence-corrected chi connectivity index (χ1v) is 7.98. The molecule has 0 atom stereocenters. The number of nitrogens with one attached hydrogen (secondary N) is 1. The molecule has 1 N–H and O–H groups in total. The van der Waals surface area contributed by atoms with E-state index in [4.69, 9.17) is 0 Å². The third kappa shape index (κ3) is 2.91. The fourth-order valence-corrected chi connectivity index (χ4v) is 3.06. The second-order valence-corrected chi connectivity index (χ2v) is 6.37. The number of aryl methyl sites for hydroxylation is 2. The molecule has 22 heavy (non-hydrogen) atoms. The summed E-state index contributed by atoms with van der Waals surface area (Å²) in [5, 5.41) is 7.52. The van der Waals surface area contributed by atoms with Crippen molar-refractivity contribution in [3.63, 3.8) is 0 Å². The first-order chi connectivity index (χ1) is 10.5. The largest absolute Gasteiger partial charge is 0.310 e. The number of amides is 1. The summed E-state index contributed by atoms with van der Waals surface area (Å²) in [4.78, 5) is 12.3. The van der Waals surface area contributed by atoms with Crippen molar-refractivity contribution in [3.05, 3.63) is 46.6 Å². The van der Waals surface area contributed by atoms with Crippen molar-refractivity contribution < 1.29 is 4.79 Å². The summed E-state index contributed by atoms with van der Waals surface area (Å²) >= 11 is 0. The number of benzene rings is 1. The second kappa shape index (κ2) is 5.95. The molecule has 116 valence electrons. The Bertz CT molecular complexity index is 683. The van der Waals surface area contributed by atoms with Crippen LogP contribution >= 0.6 is 0 Å². The molecular formula is C18H23N3O. The molecule has 0 aliphatic heterocycles. The lowest BCUT2D eigenvalue weighted by Crippen LogP contribution is -2.17. The highest BCUT2D eigenvalue weighted by molar-refractivity contribution is 5.92. The van der Waals surface area contributed by atoms with Gasteiger partial charge < -0.3 is 5.32 Å². The van der Waals surface area contributed by atoms with Gasteiger partial charge in [0, 0.05) is 12.6 Å². The van der Waals surface area contributed by atoms with Gasteiger partial charge in [-0.15, -0.1) is 0 Å². The lowest BCUT2D eigenvalue weighted by atomic mass is 10.0. The molecule has 0 radical (unpaired) electrons. The van der Waals surface area contributed by atoms with Gasteiger partial charge in [0.1, 0.15) is 5.82 Å². The van der Waals surface area contributed by atoms with Crippen LogP contribution in [0.15, 0.2) is 24.3 Å². The molecule has 2 aromatic rings. The molecule has 1 aliphatic carbocycles. The fourth-order valence-electron chi connectivity index (χ4n) is 3.06. The number of carbonyl (C=O) groups excluding carboxylic acids is 1. The molecule has 4 heteroatoms. The number of carbonyl (C=O) groups is 1. The van der Waals surface area contributed by atoms with E-state index in [2.05, 4.69) is 36.4 Å². The zero-order valence-corrected chi connectivity index (χ0v) is 13.5. The molecular weight excluding hydrogens is 274 g/mol. The third-order valence-corrected chi connectivity index (χ3v) is 4.34. The van der Waals surface area contributed by atoms with Gasteiger partial charge in [-0.2, -0.15) is 5.10 Å². The smallest absolute Gasteiger partial charge is 0.229 e. The van der Waals surface area contributed by atoms with Crippen molar-refractivity contribution in [2.24, 2.45) is 7.05 Å². The number of anilines is 1. The zero-order valence-electron chi connectivity index (χ0n) is 13.5. The summed E-state index contributed by atoms with van der Waals surface area (Å²) in [6.07, 6.45) is 3.58. The van der Waals surface area contributed by atoms with Crippen LogP contribution < -0.4 is 5.32 Å². The van der Waals surface area contributed by atoms with Crippen molar-refractivity contribution in [1.29, 1.82) is 0 Å². The van der Waals surface area contributed by atoms with Crippen LogP contribution in [-0.2, 0) is 31.1 Å². The SMILES string of the molecule is CC(C)c1ccc(CC(=O)Nc2c3c(nn2C)CCC3)cc1. The molecule has 1 aromatic heterocycles. The first-order valence-electron chi connectivity index (χ1n) is 7.98. The Morgan fingerprint density at radius 3 is 2.68 bits per heavy atom. The van der Waals surface area contributed by atoms with Crippen LogP contribution in [0.2, 0.25) is 0 Å². The Hall–Kier alpha value is -2.10. The second-order valence-electron chi connectivity index (χ2n) is 6.37. The predicted molar refractivity (Wildman–Crippen MR) is 88.1 cm³/mol. The van der Waals surface area contributed by atoms with Crippen molar-refractivity contribution in [2.75, 3.05) is 5.32 Å². The maximum absolute atomic E-state index is 12.3. The van der Waals surface area contributed by atoms with Gasteiger partial charge in [0.25, 0.3) is 0 Å². The van der Waals surface area contributed by atoms with Crippen LogP contribution in [0.3, 0.4) is 0 Å². The minimum absolute atomic E-state index is 0.0231. The van der Waals surface area contributed by atoms with Crippen molar-refractivity contribution in [3.8, 4) is 0 Å². The monoisotopic (exact) mass is 297 g/mol. The molecule has 1 amide bonds. The predicted octanol–water partition coefficient (Wildman–Crippen LogP) is 3.21. The van der Waals surface area contributed by atoms with Crippen LogP contribution in [0.5, 0.6) is 0 Å². The number of aromatic nitrogens is 2. The average Bonchev–Trinajstić information content (AvgIpc) is 3.03. The number of fused-ring (bicyclic) bond motifs is 1. The molecule has 0 fully saturated rings. The van der Waals surface area contributed by atoms with Gasteiger partial charge in [0.2, 0.25) is 5.91 Å². The first kappa shape index (κ1) is 14.8. The van der Waals surface area contributed by atoms with Crippen LogP contribution in [0.1, 0.15) is 48.6 Å².